The maximum Gasteiger partial charge on any atom is 0.410 e. The Labute approximate surface area is 203 Å². The largest absolute Gasteiger partial charge is 0.456 e. The second-order valence-corrected chi connectivity index (χ2v) is 9.81. The van der Waals surface area contributed by atoms with E-state index in [1.54, 1.807) is 20.8 Å². The van der Waals surface area contributed by atoms with Gasteiger partial charge in [-0.25, -0.2) is 9.59 Å². The van der Waals surface area contributed by atoms with Gasteiger partial charge < -0.3 is 14.4 Å². The van der Waals surface area contributed by atoms with Crippen LogP contribution in [0.4, 0.5) is 16.2 Å². The number of nitro benzene ring substituents is 2. The van der Waals surface area contributed by atoms with Crippen LogP contribution in [0.2, 0.25) is 0 Å². The normalized spacial score (nSPS) is 14.0. The minimum atomic E-state index is -1.15. The van der Waals surface area contributed by atoms with Gasteiger partial charge in [0.2, 0.25) is 0 Å². The molecule has 0 radical (unpaired) electrons. The number of esters is 1. The van der Waals surface area contributed by atoms with Crippen LogP contribution >= 0.6 is 0 Å². The predicted octanol–water partition coefficient (Wildman–Crippen LogP) is 4.54. The molecule has 1 rings (SSSR count). The summed E-state index contributed by atoms with van der Waals surface area (Å²) in [5, 5.41) is 22.4. The second kappa shape index (κ2) is 11.7. The van der Waals surface area contributed by atoms with E-state index in [2.05, 4.69) is 0 Å². The Bertz CT molecular complexity index is 953. The quantitative estimate of drug-likeness (QED) is 0.258. The van der Waals surface area contributed by atoms with Crippen LogP contribution in [0.3, 0.4) is 0 Å². The molecule has 194 valence electrons. The Kier molecular flexibility index (Phi) is 9.86. The van der Waals surface area contributed by atoms with Gasteiger partial charge >= 0.3 is 12.1 Å². The summed E-state index contributed by atoms with van der Waals surface area (Å²) in [6, 6.07) is 1.66. The van der Waals surface area contributed by atoms with E-state index in [4.69, 9.17) is 9.47 Å². The van der Waals surface area contributed by atoms with Gasteiger partial charge in [0.1, 0.15) is 17.5 Å². The highest BCUT2D eigenvalue weighted by molar-refractivity contribution is 5.91. The summed E-state index contributed by atoms with van der Waals surface area (Å²) in [5.41, 5.74) is -2.54. The Morgan fingerprint density at radius 2 is 1.49 bits per heavy atom. The van der Waals surface area contributed by atoms with Crippen molar-refractivity contribution < 1.29 is 33.7 Å². The average Bonchev–Trinajstić information content (AvgIpc) is 2.72. The highest BCUT2D eigenvalue weighted by Crippen LogP contribution is 2.28. The lowest BCUT2D eigenvalue weighted by molar-refractivity contribution is -0.394. The number of amides is 1. The number of benzene rings is 1. The minimum absolute atomic E-state index is 0.0177. The van der Waals surface area contributed by atoms with Crippen LogP contribution in [-0.2, 0) is 14.3 Å². The SMILES string of the molecule is CC(=O)[C@H](C)[C@@H](OC(=O)c1cc([N+](=O)[O-])cc([N+](=O)[O-])c1)[C@H](CC(C)C)N(C)C(=O)OC(C)(C)C. The highest BCUT2D eigenvalue weighted by Gasteiger charge is 2.39. The van der Waals surface area contributed by atoms with Crippen molar-refractivity contribution >= 4 is 29.2 Å². The van der Waals surface area contributed by atoms with E-state index in [9.17, 15) is 34.6 Å². The maximum absolute atomic E-state index is 13.0. The maximum atomic E-state index is 13.0. The number of carbonyl (C=O) groups excluding carboxylic acids is 3. The molecule has 0 aliphatic rings. The molecule has 1 aromatic rings. The molecule has 0 spiro atoms. The summed E-state index contributed by atoms with van der Waals surface area (Å²) in [5.74, 6) is -2.26. The molecule has 0 unspecified atom stereocenters. The van der Waals surface area contributed by atoms with Gasteiger partial charge in [-0.3, -0.25) is 25.0 Å². The third-order valence-electron chi connectivity index (χ3n) is 5.21. The Morgan fingerprint density at radius 3 is 1.86 bits per heavy atom. The number of carbonyl (C=O) groups is 3. The van der Waals surface area contributed by atoms with Gasteiger partial charge in [0.15, 0.2) is 0 Å². The molecule has 0 aliphatic heterocycles. The van der Waals surface area contributed by atoms with Crippen LogP contribution in [0.25, 0.3) is 0 Å². The van der Waals surface area contributed by atoms with Crippen LogP contribution in [-0.4, -0.2) is 57.4 Å². The Balaban J connectivity index is 3.49. The summed E-state index contributed by atoms with van der Waals surface area (Å²) in [6.07, 6.45) is -1.51. The second-order valence-electron chi connectivity index (χ2n) is 9.81. The molecule has 12 heteroatoms. The third kappa shape index (κ3) is 8.62. The van der Waals surface area contributed by atoms with Crippen molar-refractivity contribution in [2.24, 2.45) is 11.8 Å². The Hall–Kier alpha value is -3.57. The summed E-state index contributed by atoms with van der Waals surface area (Å²) in [7, 11) is 1.47. The van der Waals surface area contributed by atoms with Crippen LogP contribution < -0.4 is 0 Å². The van der Waals surface area contributed by atoms with Gasteiger partial charge in [-0.2, -0.15) is 0 Å². The van der Waals surface area contributed by atoms with E-state index in [0.29, 0.717) is 6.42 Å². The number of Topliss-reactive ketones (excluding diaryl/α,β-unsaturated/α-hetero) is 1. The highest BCUT2D eigenvalue weighted by atomic mass is 16.6. The molecular formula is C23H33N3O9. The van der Waals surface area contributed by atoms with Gasteiger partial charge in [0.25, 0.3) is 11.4 Å². The first-order valence-electron chi connectivity index (χ1n) is 11.1. The zero-order chi connectivity index (χ0) is 27.2. The molecule has 12 nitrogen and oxygen atoms in total. The molecule has 0 saturated carbocycles. The van der Waals surface area contributed by atoms with Crippen molar-refractivity contribution in [3.63, 3.8) is 0 Å². The Morgan fingerprint density at radius 1 is 1.00 bits per heavy atom. The monoisotopic (exact) mass is 495 g/mol. The molecule has 0 N–H and O–H groups in total. The number of ether oxygens (including phenoxy) is 2. The van der Waals surface area contributed by atoms with E-state index in [1.165, 1.54) is 25.8 Å². The van der Waals surface area contributed by atoms with E-state index in [-0.39, 0.29) is 11.7 Å². The topological polar surface area (TPSA) is 159 Å². The van der Waals surface area contributed by atoms with E-state index in [0.717, 1.165) is 18.2 Å². The van der Waals surface area contributed by atoms with Crippen LogP contribution in [0.15, 0.2) is 18.2 Å². The first kappa shape index (κ1) is 29.5. The van der Waals surface area contributed by atoms with Crippen LogP contribution in [0, 0.1) is 32.1 Å². The summed E-state index contributed by atoms with van der Waals surface area (Å²) in [6.45, 7) is 11.7. The number of nitro groups is 2. The lowest BCUT2D eigenvalue weighted by Crippen LogP contribution is -2.52. The molecule has 0 aliphatic carbocycles. The standard InChI is InChI=1S/C23H33N3O9/c1-13(2)9-19(24(8)22(29)35-23(5,6)7)20(14(3)15(4)27)34-21(28)16-10-17(25(30)31)12-18(11-16)26(32)33/h10-14,19-20H,9H2,1-8H3/t14-,19-,20+/m0/s1. The fourth-order valence-electron chi connectivity index (χ4n) is 3.33. The minimum Gasteiger partial charge on any atom is -0.456 e. The summed E-state index contributed by atoms with van der Waals surface area (Å²) >= 11 is 0. The fraction of sp³-hybridized carbons (Fsp3) is 0.609. The van der Waals surface area contributed by atoms with E-state index in [1.807, 2.05) is 13.8 Å². The predicted molar refractivity (Wildman–Crippen MR) is 126 cm³/mol. The summed E-state index contributed by atoms with van der Waals surface area (Å²) in [4.78, 5) is 60.1. The zero-order valence-electron chi connectivity index (χ0n) is 21.3. The molecule has 0 saturated heterocycles. The molecule has 0 fully saturated rings. The van der Waals surface area contributed by atoms with Crippen molar-refractivity contribution in [1.82, 2.24) is 4.90 Å². The van der Waals surface area contributed by atoms with Gasteiger partial charge in [0, 0.05) is 19.2 Å². The number of likely N-dealkylation sites (N-methyl/N-ethyl adjacent to an activating group) is 1. The fourth-order valence-corrected chi connectivity index (χ4v) is 3.33. The third-order valence-corrected chi connectivity index (χ3v) is 5.21. The lowest BCUT2D eigenvalue weighted by atomic mass is 9.88. The van der Waals surface area contributed by atoms with Crippen molar-refractivity contribution in [1.29, 1.82) is 0 Å². The summed E-state index contributed by atoms with van der Waals surface area (Å²) < 4.78 is 11.1. The number of hydrogen-bond donors (Lipinski definition) is 0. The molecule has 35 heavy (non-hydrogen) atoms. The van der Waals surface area contributed by atoms with Crippen LogP contribution in [0.1, 0.15) is 65.2 Å². The van der Waals surface area contributed by atoms with Crippen molar-refractivity contribution in [2.45, 2.75) is 72.6 Å². The molecule has 0 heterocycles. The first-order valence-corrected chi connectivity index (χ1v) is 11.1. The van der Waals surface area contributed by atoms with E-state index >= 15 is 0 Å². The number of hydrogen-bond acceptors (Lipinski definition) is 9. The molecule has 0 aromatic heterocycles. The first-order chi connectivity index (χ1) is 15.9. The molecule has 1 aromatic carbocycles. The average molecular weight is 496 g/mol. The molecule has 3 atom stereocenters. The number of nitrogens with zero attached hydrogens (tertiary/aromatic N) is 3. The van der Waals surface area contributed by atoms with Gasteiger partial charge in [-0.05, 0) is 40.0 Å². The smallest absolute Gasteiger partial charge is 0.410 e. The molecule has 1 amide bonds. The van der Waals surface area contributed by atoms with Crippen LogP contribution in [0.5, 0.6) is 0 Å². The number of non-ortho nitro benzene ring substituents is 2. The molecule has 0 bridgehead atoms. The van der Waals surface area contributed by atoms with Gasteiger partial charge in [-0.1, -0.05) is 20.8 Å². The molecular weight excluding hydrogens is 462 g/mol. The number of rotatable bonds is 10. The van der Waals surface area contributed by atoms with Crippen molar-refractivity contribution in [3.05, 3.63) is 44.0 Å². The van der Waals surface area contributed by atoms with Gasteiger partial charge in [-0.15, -0.1) is 0 Å². The number of ketones is 1. The zero-order valence-corrected chi connectivity index (χ0v) is 21.3. The van der Waals surface area contributed by atoms with E-state index < -0.39 is 62.5 Å². The van der Waals surface area contributed by atoms with Gasteiger partial charge in [0.05, 0.1) is 33.4 Å². The van der Waals surface area contributed by atoms with Crippen molar-refractivity contribution in [2.75, 3.05) is 7.05 Å². The lowest BCUT2D eigenvalue weighted by Gasteiger charge is -2.38. The van der Waals surface area contributed by atoms with Crippen molar-refractivity contribution in [3.8, 4) is 0 Å².